The molecule has 2 heterocycles. The fourth-order valence-electron chi connectivity index (χ4n) is 5.96. The van der Waals surface area contributed by atoms with Crippen molar-refractivity contribution in [1.29, 1.82) is 0 Å². The average molecular weight is 524 g/mol. The number of fused-ring (bicyclic) bond motifs is 1. The minimum atomic E-state index is -0.798. The van der Waals surface area contributed by atoms with Gasteiger partial charge in [0.15, 0.2) is 0 Å². The van der Waals surface area contributed by atoms with Crippen molar-refractivity contribution in [2.75, 3.05) is 6.61 Å². The molecule has 3 N–H and O–H groups in total. The molecule has 2 aliphatic rings. The Labute approximate surface area is 223 Å². The number of carbonyl (C=O) groups excluding carboxylic acids is 2. The normalized spacial score (nSPS) is 23.1. The molecule has 2 aromatic rings. The number of rotatable bonds is 11. The molecule has 0 saturated carbocycles. The van der Waals surface area contributed by atoms with Crippen molar-refractivity contribution in [1.82, 2.24) is 4.90 Å². The standard InChI is InChI=1S/C30H37NO5S/c1-3-7-21-16-24-28(30(36)31(29(24)35)17-23-10-6-13-37-23)25(18-32)27(21)26(34)12-11-19(4-2)14-20-8-5-9-22(33)15-20/h5-6,8-10,13-15,24-26,28,32-34H,3-4,7,11-12,16-18H2,1-2H3/b19-14+/t24-,25+,26-,28-/m1/s1. The topological polar surface area (TPSA) is 98.1 Å². The van der Waals surface area contributed by atoms with Gasteiger partial charge in [-0.2, -0.15) is 0 Å². The zero-order valence-corrected chi connectivity index (χ0v) is 22.4. The molecule has 7 heteroatoms. The quantitative estimate of drug-likeness (QED) is 0.274. The summed E-state index contributed by atoms with van der Waals surface area (Å²) in [7, 11) is 0. The molecule has 0 radical (unpaired) electrons. The number of hydrogen-bond donors (Lipinski definition) is 3. The fraction of sp³-hybridized carbons (Fsp3) is 0.467. The second-order valence-electron chi connectivity index (χ2n) is 10.1. The summed E-state index contributed by atoms with van der Waals surface area (Å²) in [4.78, 5) is 29.1. The Hall–Kier alpha value is -2.74. The minimum Gasteiger partial charge on any atom is -0.508 e. The number of amides is 2. The number of imide groups is 1. The van der Waals surface area contributed by atoms with Gasteiger partial charge < -0.3 is 15.3 Å². The summed E-state index contributed by atoms with van der Waals surface area (Å²) in [5.74, 6) is -1.84. The van der Waals surface area contributed by atoms with E-state index in [4.69, 9.17) is 0 Å². The summed E-state index contributed by atoms with van der Waals surface area (Å²) in [6.07, 6.45) is 5.23. The Morgan fingerprint density at radius 3 is 2.65 bits per heavy atom. The zero-order chi connectivity index (χ0) is 26.5. The molecule has 198 valence electrons. The SMILES string of the molecule is CCCC1=C([C@H](O)CC/C(=C/c2cccc(O)c2)CC)[C@H](CO)[C@@H]2C(=O)N(Cc3cccs3)C(=O)[C@@H]2C1. The van der Waals surface area contributed by atoms with E-state index in [9.17, 15) is 24.9 Å². The third-order valence-electron chi connectivity index (χ3n) is 7.71. The van der Waals surface area contributed by atoms with Crippen molar-refractivity contribution in [3.8, 4) is 5.75 Å². The Balaban J connectivity index is 1.56. The third kappa shape index (κ3) is 5.89. The second kappa shape index (κ2) is 12.2. The summed E-state index contributed by atoms with van der Waals surface area (Å²) >= 11 is 1.52. The summed E-state index contributed by atoms with van der Waals surface area (Å²) < 4.78 is 0. The van der Waals surface area contributed by atoms with Crippen LogP contribution in [0.1, 0.15) is 62.8 Å². The Morgan fingerprint density at radius 1 is 1.19 bits per heavy atom. The van der Waals surface area contributed by atoms with Gasteiger partial charge in [0.1, 0.15) is 5.75 Å². The number of allylic oxidation sites excluding steroid dienone is 2. The Morgan fingerprint density at radius 2 is 2.00 bits per heavy atom. The van der Waals surface area contributed by atoms with Crippen LogP contribution in [0.4, 0.5) is 0 Å². The number of carbonyl (C=O) groups is 2. The number of aliphatic hydroxyl groups excluding tert-OH is 2. The fourth-order valence-corrected chi connectivity index (χ4v) is 6.65. The van der Waals surface area contributed by atoms with E-state index in [-0.39, 0.29) is 30.7 Å². The maximum Gasteiger partial charge on any atom is 0.234 e. The molecule has 2 amide bonds. The highest BCUT2D eigenvalue weighted by Crippen LogP contribution is 2.47. The number of hydrogen-bond acceptors (Lipinski definition) is 6. The first kappa shape index (κ1) is 27.3. The Kier molecular flexibility index (Phi) is 9.00. The molecule has 1 aliphatic carbocycles. The first-order valence-corrected chi connectivity index (χ1v) is 14.1. The van der Waals surface area contributed by atoms with Crippen LogP contribution in [-0.2, 0) is 16.1 Å². The lowest BCUT2D eigenvalue weighted by Crippen LogP contribution is -2.39. The highest BCUT2D eigenvalue weighted by atomic mass is 32.1. The van der Waals surface area contributed by atoms with E-state index in [2.05, 4.69) is 13.8 Å². The van der Waals surface area contributed by atoms with Gasteiger partial charge in [0, 0.05) is 10.8 Å². The number of phenols is 1. The lowest BCUT2D eigenvalue weighted by molar-refractivity contribution is -0.140. The van der Waals surface area contributed by atoms with Crippen LogP contribution in [0.5, 0.6) is 5.75 Å². The second-order valence-corrected chi connectivity index (χ2v) is 11.1. The van der Waals surface area contributed by atoms with Crippen molar-refractivity contribution in [2.45, 2.75) is 65.0 Å². The number of benzene rings is 1. The van der Waals surface area contributed by atoms with Crippen LogP contribution in [-0.4, -0.2) is 44.7 Å². The van der Waals surface area contributed by atoms with E-state index >= 15 is 0 Å². The first-order chi connectivity index (χ1) is 17.9. The van der Waals surface area contributed by atoms with Gasteiger partial charge in [-0.25, -0.2) is 0 Å². The minimum absolute atomic E-state index is 0.161. The molecule has 1 aliphatic heterocycles. The molecule has 4 rings (SSSR count). The van der Waals surface area contributed by atoms with Crippen LogP contribution in [0.15, 0.2) is 58.5 Å². The van der Waals surface area contributed by atoms with Crippen LogP contribution in [0, 0.1) is 17.8 Å². The molecular formula is C30H37NO5S. The molecule has 0 spiro atoms. The van der Waals surface area contributed by atoms with Crippen molar-refractivity contribution >= 4 is 29.2 Å². The molecular weight excluding hydrogens is 486 g/mol. The van der Waals surface area contributed by atoms with E-state index in [1.54, 1.807) is 18.2 Å². The van der Waals surface area contributed by atoms with E-state index in [1.165, 1.54) is 16.2 Å². The summed E-state index contributed by atoms with van der Waals surface area (Å²) in [5.41, 5.74) is 3.83. The molecule has 0 bridgehead atoms. The maximum atomic E-state index is 13.5. The highest BCUT2D eigenvalue weighted by Gasteiger charge is 2.54. The number of aliphatic hydroxyl groups is 2. The largest absolute Gasteiger partial charge is 0.508 e. The van der Waals surface area contributed by atoms with Gasteiger partial charge in [-0.15, -0.1) is 11.3 Å². The molecule has 1 aromatic heterocycles. The predicted molar refractivity (Wildman–Crippen MR) is 146 cm³/mol. The van der Waals surface area contributed by atoms with Crippen molar-refractivity contribution < 1.29 is 24.9 Å². The van der Waals surface area contributed by atoms with Gasteiger partial charge in [-0.1, -0.05) is 55.7 Å². The number of phenolic OH excluding ortho intramolecular Hbond substituents is 1. The molecule has 1 saturated heterocycles. The molecule has 1 aromatic carbocycles. The van der Waals surface area contributed by atoms with Gasteiger partial charge >= 0.3 is 0 Å². The average Bonchev–Trinajstić information content (AvgIpc) is 3.48. The van der Waals surface area contributed by atoms with Crippen LogP contribution in [0.3, 0.4) is 0 Å². The number of thiophene rings is 1. The number of likely N-dealkylation sites (tertiary alicyclic amines) is 1. The van der Waals surface area contributed by atoms with Gasteiger partial charge in [0.05, 0.1) is 31.1 Å². The molecule has 0 unspecified atom stereocenters. The van der Waals surface area contributed by atoms with E-state index in [1.807, 2.05) is 29.7 Å². The first-order valence-electron chi connectivity index (χ1n) is 13.2. The molecule has 1 fully saturated rings. The predicted octanol–water partition coefficient (Wildman–Crippen LogP) is 5.30. The van der Waals surface area contributed by atoms with Gasteiger partial charge in [0.25, 0.3) is 0 Å². The van der Waals surface area contributed by atoms with Crippen LogP contribution >= 0.6 is 11.3 Å². The van der Waals surface area contributed by atoms with Crippen LogP contribution in [0.2, 0.25) is 0 Å². The highest BCUT2D eigenvalue weighted by molar-refractivity contribution is 7.09. The number of aromatic hydroxyl groups is 1. The van der Waals surface area contributed by atoms with Crippen molar-refractivity contribution in [2.24, 2.45) is 17.8 Å². The van der Waals surface area contributed by atoms with Gasteiger partial charge in [-0.3, -0.25) is 14.5 Å². The van der Waals surface area contributed by atoms with Crippen LogP contribution < -0.4 is 0 Å². The summed E-state index contributed by atoms with van der Waals surface area (Å²) in [6, 6.07) is 10.9. The lowest BCUT2D eigenvalue weighted by Gasteiger charge is -2.36. The number of nitrogens with zero attached hydrogens (tertiary/aromatic N) is 1. The van der Waals surface area contributed by atoms with E-state index in [0.29, 0.717) is 19.3 Å². The van der Waals surface area contributed by atoms with Gasteiger partial charge in [0.2, 0.25) is 11.8 Å². The molecule has 6 nitrogen and oxygen atoms in total. The van der Waals surface area contributed by atoms with Crippen molar-refractivity contribution in [3.05, 3.63) is 68.9 Å². The Bertz CT molecular complexity index is 1170. The monoisotopic (exact) mass is 523 g/mol. The zero-order valence-electron chi connectivity index (χ0n) is 21.6. The summed E-state index contributed by atoms with van der Waals surface area (Å²) in [5, 5.41) is 33.6. The van der Waals surface area contributed by atoms with Crippen LogP contribution in [0.25, 0.3) is 6.08 Å². The van der Waals surface area contributed by atoms with Gasteiger partial charge in [-0.05, 0) is 66.8 Å². The maximum absolute atomic E-state index is 13.5. The third-order valence-corrected chi connectivity index (χ3v) is 8.57. The molecule has 37 heavy (non-hydrogen) atoms. The molecule has 4 atom stereocenters. The summed E-state index contributed by atoms with van der Waals surface area (Å²) in [6.45, 7) is 4.12. The van der Waals surface area contributed by atoms with E-state index in [0.717, 1.165) is 46.4 Å². The van der Waals surface area contributed by atoms with E-state index < -0.39 is 23.9 Å². The lowest BCUT2D eigenvalue weighted by atomic mass is 9.67. The smallest absolute Gasteiger partial charge is 0.234 e. The van der Waals surface area contributed by atoms with Crippen molar-refractivity contribution in [3.63, 3.8) is 0 Å².